The molecule has 18 heavy (non-hydrogen) atoms. The largest absolute Gasteiger partial charge is 0.481 e. The molecule has 0 aliphatic heterocycles. The van der Waals surface area contributed by atoms with Gasteiger partial charge in [-0.15, -0.1) is 0 Å². The first-order valence-corrected chi connectivity index (χ1v) is 5.00. The van der Waals surface area contributed by atoms with Crippen molar-refractivity contribution in [3.05, 3.63) is 0 Å². The van der Waals surface area contributed by atoms with Gasteiger partial charge in [0.25, 0.3) is 5.97 Å². The molecule has 0 saturated carbocycles. The maximum Gasteiger partial charge on any atom is 0.300 e. The fraction of sp³-hybridized carbons (Fsp3) is 0.889. The standard InChI is InChI=1S/C7H16O7.C2H4O2/c8-1-3(10)5(12)7(14)6(13)4(11)2-9;1-2(3)4/h3-14H,1-2H2;1H3,(H,3,4)/t3-,4+,5-,6-,7?;/m1./s1. The lowest BCUT2D eigenvalue weighted by atomic mass is 10.00. The van der Waals surface area contributed by atoms with Crippen molar-refractivity contribution in [2.24, 2.45) is 0 Å². The van der Waals surface area contributed by atoms with Gasteiger partial charge in [-0.1, -0.05) is 0 Å². The van der Waals surface area contributed by atoms with Gasteiger partial charge in [0, 0.05) is 6.92 Å². The van der Waals surface area contributed by atoms with E-state index in [2.05, 4.69) is 0 Å². The summed E-state index contributed by atoms with van der Waals surface area (Å²) in [5.74, 6) is -0.833. The highest BCUT2D eigenvalue weighted by molar-refractivity contribution is 5.62. The monoisotopic (exact) mass is 272 g/mol. The van der Waals surface area contributed by atoms with Crippen LogP contribution in [0.2, 0.25) is 0 Å². The molecule has 5 atom stereocenters. The third kappa shape index (κ3) is 8.31. The molecule has 0 aliphatic carbocycles. The Bertz CT molecular complexity index is 202. The van der Waals surface area contributed by atoms with Crippen molar-refractivity contribution in [1.29, 1.82) is 0 Å². The number of carboxylic acid groups (broad SMARTS) is 1. The van der Waals surface area contributed by atoms with Gasteiger partial charge in [0.15, 0.2) is 0 Å². The van der Waals surface area contributed by atoms with Crippen molar-refractivity contribution >= 4 is 5.97 Å². The van der Waals surface area contributed by atoms with Crippen LogP contribution in [0, 0.1) is 0 Å². The summed E-state index contributed by atoms with van der Waals surface area (Å²) in [7, 11) is 0. The van der Waals surface area contributed by atoms with Crippen LogP contribution in [-0.4, -0.2) is 90.6 Å². The summed E-state index contributed by atoms with van der Waals surface area (Å²) in [6.07, 6.45) is -8.68. The molecule has 0 aromatic heterocycles. The molecule has 0 spiro atoms. The zero-order chi connectivity index (χ0) is 14.9. The van der Waals surface area contributed by atoms with Crippen LogP contribution in [0.5, 0.6) is 0 Å². The first-order valence-electron chi connectivity index (χ1n) is 5.00. The van der Waals surface area contributed by atoms with E-state index < -0.39 is 49.7 Å². The SMILES string of the molecule is CC(=O)O.OC[C@@H](O)[C@@H](O)C(O)[C@H](O)[C@@H](O)CO. The molecule has 0 heterocycles. The number of rotatable bonds is 6. The Morgan fingerprint density at radius 3 is 1.22 bits per heavy atom. The first kappa shape index (κ1) is 19.5. The molecule has 8 N–H and O–H groups in total. The lowest BCUT2D eigenvalue weighted by molar-refractivity contribution is -0.145. The zero-order valence-corrected chi connectivity index (χ0v) is 9.79. The number of hydrogen-bond acceptors (Lipinski definition) is 8. The molecular formula is C9H20O9. The third-order valence-electron chi connectivity index (χ3n) is 1.86. The fourth-order valence-electron chi connectivity index (χ4n) is 0.873. The Labute approximate surface area is 103 Å². The van der Waals surface area contributed by atoms with E-state index in [4.69, 9.17) is 45.6 Å². The van der Waals surface area contributed by atoms with Gasteiger partial charge in [0.1, 0.15) is 30.5 Å². The van der Waals surface area contributed by atoms with Gasteiger partial charge < -0.3 is 40.9 Å². The van der Waals surface area contributed by atoms with Crippen LogP contribution < -0.4 is 0 Å². The summed E-state index contributed by atoms with van der Waals surface area (Å²) in [5, 5.41) is 69.3. The van der Waals surface area contributed by atoms with Crippen molar-refractivity contribution in [2.45, 2.75) is 37.4 Å². The lowest BCUT2D eigenvalue weighted by Gasteiger charge is -2.27. The summed E-state index contributed by atoms with van der Waals surface area (Å²) >= 11 is 0. The van der Waals surface area contributed by atoms with Crippen molar-refractivity contribution in [3.8, 4) is 0 Å². The molecule has 0 fully saturated rings. The van der Waals surface area contributed by atoms with Gasteiger partial charge in [-0.2, -0.15) is 0 Å². The summed E-state index contributed by atoms with van der Waals surface area (Å²) < 4.78 is 0. The molecule has 0 aromatic rings. The number of aliphatic carboxylic acids is 1. The third-order valence-corrected chi connectivity index (χ3v) is 1.86. The van der Waals surface area contributed by atoms with Crippen molar-refractivity contribution in [2.75, 3.05) is 13.2 Å². The predicted molar refractivity (Wildman–Crippen MR) is 57.5 cm³/mol. The van der Waals surface area contributed by atoms with Crippen LogP contribution in [0.25, 0.3) is 0 Å². The lowest BCUT2D eigenvalue weighted by Crippen LogP contribution is -2.50. The fourth-order valence-corrected chi connectivity index (χ4v) is 0.873. The average molecular weight is 272 g/mol. The predicted octanol–water partition coefficient (Wildman–Crippen LogP) is -4.13. The second-order valence-corrected chi connectivity index (χ2v) is 3.49. The molecule has 1 unspecified atom stereocenters. The van der Waals surface area contributed by atoms with Gasteiger partial charge >= 0.3 is 0 Å². The maximum absolute atomic E-state index is 9.15. The molecule has 0 bridgehead atoms. The molecule has 9 heteroatoms. The number of carboxylic acids is 1. The van der Waals surface area contributed by atoms with E-state index in [0.29, 0.717) is 0 Å². The molecule has 9 nitrogen and oxygen atoms in total. The van der Waals surface area contributed by atoms with E-state index in [1.807, 2.05) is 0 Å². The second-order valence-electron chi connectivity index (χ2n) is 3.49. The Morgan fingerprint density at radius 2 is 1.06 bits per heavy atom. The number of aliphatic hydroxyl groups excluding tert-OH is 7. The smallest absolute Gasteiger partial charge is 0.300 e. The molecule has 0 aliphatic rings. The Morgan fingerprint density at radius 1 is 0.833 bits per heavy atom. The minimum atomic E-state index is -1.85. The summed E-state index contributed by atoms with van der Waals surface area (Å²) in [4.78, 5) is 9.00. The Hall–Kier alpha value is -0.810. The molecule has 0 saturated heterocycles. The number of carbonyl (C=O) groups is 1. The summed E-state index contributed by atoms with van der Waals surface area (Å²) in [6.45, 7) is -0.500. The van der Waals surface area contributed by atoms with Crippen LogP contribution in [0.15, 0.2) is 0 Å². The summed E-state index contributed by atoms with van der Waals surface area (Å²) in [5.41, 5.74) is 0. The zero-order valence-electron chi connectivity index (χ0n) is 9.79. The van der Waals surface area contributed by atoms with E-state index in [-0.39, 0.29) is 0 Å². The topological polar surface area (TPSA) is 179 Å². The molecule has 0 aromatic carbocycles. The van der Waals surface area contributed by atoms with Crippen LogP contribution >= 0.6 is 0 Å². The van der Waals surface area contributed by atoms with Crippen molar-refractivity contribution in [3.63, 3.8) is 0 Å². The Kier molecular flexibility index (Phi) is 11.0. The highest BCUT2D eigenvalue weighted by Crippen LogP contribution is 2.07. The normalized spacial score (nSPS) is 18.9. The highest BCUT2D eigenvalue weighted by atomic mass is 16.4. The van der Waals surface area contributed by atoms with Gasteiger partial charge in [0.2, 0.25) is 0 Å². The Balaban J connectivity index is 0. The highest BCUT2D eigenvalue weighted by Gasteiger charge is 2.33. The minimum Gasteiger partial charge on any atom is -0.481 e. The number of hydrogen-bond donors (Lipinski definition) is 8. The van der Waals surface area contributed by atoms with E-state index >= 15 is 0 Å². The quantitative estimate of drug-likeness (QED) is 0.238. The van der Waals surface area contributed by atoms with E-state index in [9.17, 15) is 0 Å². The van der Waals surface area contributed by atoms with Crippen LogP contribution in [0.4, 0.5) is 0 Å². The van der Waals surface area contributed by atoms with E-state index in [0.717, 1.165) is 6.92 Å². The molecular weight excluding hydrogens is 252 g/mol. The summed E-state index contributed by atoms with van der Waals surface area (Å²) in [6, 6.07) is 0. The van der Waals surface area contributed by atoms with Crippen LogP contribution in [-0.2, 0) is 4.79 Å². The van der Waals surface area contributed by atoms with Crippen molar-refractivity contribution in [1.82, 2.24) is 0 Å². The van der Waals surface area contributed by atoms with Gasteiger partial charge in [-0.25, -0.2) is 0 Å². The van der Waals surface area contributed by atoms with Crippen LogP contribution in [0.3, 0.4) is 0 Å². The van der Waals surface area contributed by atoms with E-state index in [1.165, 1.54) is 0 Å². The first-order chi connectivity index (χ1) is 8.18. The maximum atomic E-state index is 9.15. The molecule has 110 valence electrons. The van der Waals surface area contributed by atoms with Crippen LogP contribution in [0.1, 0.15) is 6.92 Å². The molecule has 0 radical (unpaired) electrons. The molecule has 0 rings (SSSR count). The number of aliphatic hydroxyl groups is 7. The van der Waals surface area contributed by atoms with Gasteiger partial charge in [-0.3, -0.25) is 4.79 Å². The average Bonchev–Trinajstić information content (AvgIpc) is 2.33. The van der Waals surface area contributed by atoms with Gasteiger partial charge in [0.05, 0.1) is 13.2 Å². The van der Waals surface area contributed by atoms with Gasteiger partial charge in [-0.05, 0) is 0 Å². The van der Waals surface area contributed by atoms with Crippen molar-refractivity contribution < 1.29 is 45.6 Å². The second kappa shape index (κ2) is 10.1. The minimum absolute atomic E-state index is 0.792. The van der Waals surface area contributed by atoms with E-state index in [1.54, 1.807) is 0 Å². The molecule has 0 amide bonds.